The number of nitrogens with zero attached hydrogens (tertiary/aromatic N) is 5. The summed E-state index contributed by atoms with van der Waals surface area (Å²) in [6.07, 6.45) is 0. The fourth-order valence-corrected chi connectivity index (χ4v) is 10.8. The first kappa shape index (κ1) is 44.4. The first-order valence-electron chi connectivity index (χ1n) is 24.0. The number of nitriles is 1. The Balaban J connectivity index is 1.27. The Kier molecular flexibility index (Phi) is 11.3. The number of benzene rings is 9. The van der Waals surface area contributed by atoms with Gasteiger partial charge >= 0.3 is 0 Å². The van der Waals surface area contributed by atoms with Gasteiger partial charge in [0.2, 0.25) is 0 Å². The molecule has 9 aromatic carbocycles. The lowest BCUT2D eigenvalue weighted by Crippen LogP contribution is -2.03. The highest BCUT2D eigenvalue weighted by molar-refractivity contribution is 6.13. The van der Waals surface area contributed by atoms with Crippen molar-refractivity contribution in [3.05, 3.63) is 238 Å². The van der Waals surface area contributed by atoms with Crippen LogP contribution in [-0.2, 0) is 0 Å². The van der Waals surface area contributed by atoms with Crippen molar-refractivity contribution >= 4 is 27.5 Å². The monoisotopic (exact) mass is 911 g/mol. The molecule has 0 aliphatic heterocycles. The van der Waals surface area contributed by atoms with Crippen molar-refractivity contribution in [3.8, 4) is 90.2 Å². The quantitative estimate of drug-likeness (QED) is 0.143. The Morgan fingerprint density at radius 2 is 0.873 bits per heavy atom. The van der Waals surface area contributed by atoms with E-state index in [1.54, 1.807) is 0 Å². The fraction of sp³-hybridized carbons (Fsp3) is 0.0909. The number of hydrogen-bond donors (Lipinski definition) is 0. The number of aromatic nitrogens is 3. The van der Waals surface area contributed by atoms with Gasteiger partial charge in [-0.3, -0.25) is 0 Å². The van der Waals surface area contributed by atoms with E-state index in [0.29, 0.717) is 17.1 Å². The van der Waals surface area contributed by atoms with Crippen LogP contribution >= 0.6 is 0 Å². The zero-order chi connectivity index (χ0) is 48.9. The van der Waals surface area contributed by atoms with E-state index in [4.69, 9.17) is 16.5 Å². The van der Waals surface area contributed by atoms with Gasteiger partial charge in [0, 0.05) is 38.6 Å². The maximum Gasteiger partial charge on any atom is 0.187 e. The second-order valence-electron chi connectivity index (χ2n) is 18.8. The summed E-state index contributed by atoms with van der Waals surface area (Å²) in [5, 5.41) is 12.3. The SMILES string of the molecule is [C-]#[N+]c1ccc(-c2cc(-c3cc(-c4ccccc4)nc(-c4ccccc4)n3)cc(-c3ccc(C#N)cc3)c2-n2c3ccc(-c4c(C)cc(C)cc4C)cc3c3cc(-c4c(C)cc(C)cc4C)ccc32)cc1. The fourth-order valence-electron chi connectivity index (χ4n) is 10.8. The first-order chi connectivity index (χ1) is 34.5. The molecule has 0 saturated heterocycles. The largest absolute Gasteiger partial charge is 0.308 e. The van der Waals surface area contributed by atoms with E-state index >= 15 is 0 Å². The minimum absolute atomic E-state index is 0.565. The van der Waals surface area contributed by atoms with E-state index in [9.17, 15) is 5.26 Å². The van der Waals surface area contributed by atoms with Gasteiger partial charge in [-0.25, -0.2) is 14.8 Å². The van der Waals surface area contributed by atoms with Gasteiger partial charge in [-0.1, -0.05) is 145 Å². The molecule has 11 aromatic rings. The van der Waals surface area contributed by atoms with Crippen molar-refractivity contribution in [2.75, 3.05) is 0 Å². The molecule has 2 aromatic heterocycles. The normalized spacial score (nSPS) is 11.2. The van der Waals surface area contributed by atoms with Crippen molar-refractivity contribution < 1.29 is 0 Å². The van der Waals surface area contributed by atoms with E-state index in [1.165, 1.54) is 55.6 Å². The summed E-state index contributed by atoms with van der Waals surface area (Å²) < 4.78 is 2.43. The topological polar surface area (TPSA) is 58.9 Å². The van der Waals surface area contributed by atoms with Gasteiger partial charge in [-0.15, -0.1) is 0 Å². The number of rotatable bonds is 8. The Hall–Kier alpha value is -9.16. The molecule has 5 heteroatoms. The van der Waals surface area contributed by atoms with Gasteiger partial charge in [0.25, 0.3) is 0 Å². The van der Waals surface area contributed by atoms with Crippen molar-refractivity contribution in [2.45, 2.75) is 41.5 Å². The molecule has 338 valence electrons. The Morgan fingerprint density at radius 3 is 1.34 bits per heavy atom. The molecule has 0 saturated carbocycles. The summed E-state index contributed by atoms with van der Waals surface area (Å²) in [4.78, 5) is 14.3. The minimum Gasteiger partial charge on any atom is -0.308 e. The second kappa shape index (κ2) is 18.1. The summed E-state index contributed by atoms with van der Waals surface area (Å²) in [6, 6.07) is 68.1. The molecule has 0 atom stereocenters. The predicted molar refractivity (Wildman–Crippen MR) is 294 cm³/mol. The average molecular weight is 912 g/mol. The average Bonchev–Trinajstić information content (AvgIpc) is 3.70. The molecule has 0 aliphatic carbocycles. The van der Waals surface area contributed by atoms with Crippen LogP contribution in [0.3, 0.4) is 0 Å². The number of hydrogen-bond acceptors (Lipinski definition) is 3. The highest BCUT2D eigenvalue weighted by Crippen LogP contribution is 2.46. The van der Waals surface area contributed by atoms with Gasteiger partial charge < -0.3 is 4.57 Å². The summed E-state index contributed by atoms with van der Waals surface area (Å²) in [5.41, 5.74) is 24.8. The van der Waals surface area contributed by atoms with Crippen molar-refractivity contribution in [1.29, 1.82) is 5.26 Å². The molecular formula is C66H49N5. The van der Waals surface area contributed by atoms with Gasteiger partial charge in [0.05, 0.1) is 46.3 Å². The third kappa shape index (κ3) is 8.14. The molecular weight excluding hydrogens is 863 g/mol. The maximum absolute atomic E-state index is 10.0. The van der Waals surface area contributed by atoms with Crippen LogP contribution in [0.1, 0.15) is 38.9 Å². The summed E-state index contributed by atoms with van der Waals surface area (Å²) in [5.74, 6) is 0.626. The molecule has 0 fully saturated rings. The molecule has 0 bridgehead atoms. The van der Waals surface area contributed by atoms with Crippen molar-refractivity contribution in [1.82, 2.24) is 14.5 Å². The Labute approximate surface area is 415 Å². The van der Waals surface area contributed by atoms with Gasteiger partial charge in [0.15, 0.2) is 11.5 Å². The molecule has 0 radical (unpaired) electrons. The molecule has 0 aliphatic rings. The van der Waals surface area contributed by atoms with Crippen molar-refractivity contribution in [2.24, 2.45) is 0 Å². The smallest absolute Gasteiger partial charge is 0.187 e. The Morgan fingerprint density at radius 1 is 0.437 bits per heavy atom. The van der Waals surface area contributed by atoms with E-state index in [1.807, 2.05) is 84.9 Å². The lowest BCUT2D eigenvalue weighted by Gasteiger charge is -2.22. The van der Waals surface area contributed by atoms with Gasteiger partial charge in [-0.05, 0) is 152 Å². The van der Waals surface area contributed by atoms with Gasteiger partial charge in [0.1, 0.15) is 0 Å². The highest BCUT2D eigenvalue weighted by Gasteiger charge is 2.24. The Bertz CT molecular complexity index is 3680. The molecule has 71 heavy (non-hydrogen) atoms. The van der Waals surface area contributed by atoms with E-state index in [0.717, 1.165) is 77.8 Å². The zero-order valence-electron chi connectivity index (χ0n) is 40.6. The standard InChI is InChI=1S/C66H49N5/c1-40-30-42(3)63(43(4)31-40)51-24-28-61-57(34-51)58-35-52(64-44(5)32-41(2)33-45(64)6)25-29-62(58)71(61)65-55(47-20-18-46(39-67)19-21-47)36-53(37-56(65)48-22-26-54(68-7)27-23-48)60-38-59(49-14-10-8-11-15-49)69-66(70-60)50-16-12-9-13-17-50/h8-38H,1-6H3. The minimum atomic E-state index is 0.565. The third-order valence-electron chi connectivity index (χ3n) is 13.8. The lowest BCUT2D eigenvalue weighted by molar-refractivity contribution is 1.17. The van der Waals surface area contributed by atoms with Crippen LogP contribution in [0.2, 0.25) is 0 Å². The molecule has 2 heterocycles. The van der Waals surface area contributed by atoms with Crippen LogP contribution in [0.4, 0.5) is 5.69 Å². The van der Waals surface area contributed by atoms with Crippen LogP contribution in [0.15, 0.2) is 188 Å². The van der Waals surface area contributed by atoms with Crippen LogP contribution in [-0.4, -0.2) is 14.5 Å². The number of fused-ring (bicyclic) bond motifs is 3. The van der Waals surface area contributed by atoms with Crippen LogP contribution in [0.5, 0.6) is 0 Å². The molecule has 0 unspecified atom stereocenters. The second-order valence-corrected chi connectivity index (χ2v) is 18.8. The molecule has 0 N–H and O–H groups in total. The zero-order valence-corrected chi connectivity index (χ0v) is 40.6. The van der Waals surface area contributed by atoms with E-state index < -0.39 is 0 Å². The molecule has 5 nitrogen and oxygen atoms in total. The van der Waals surface area contributed by atoms with Crippen molar-refractivity contribution in [3.63, 3.8) is 0 Å². The predicted octanol–water partition coefficient (Wildman–Crippen LogP) is 17.5. The molecule has 11 rings (SSSR count). The van der Waals surface area contributed by atoms with Crippen LogP contribution < -0.4 is 0 Å². The summed E-state index contributed by atoms with van der Waals surface area (Å²) in [7, 11) is 0. The first-order valence-corrected chi connectivity index (χ1v) is 24.0. The van der Waals surface area contributed by atoms with Crippen LogP contribution in [0.25, 0.3) is 111 Å². The highest BCUT2D eigenvalue weighted by atomic mass is 15.0. The summed E-state index contributed by atoms with van der Waals surface area (Å²) >= 11 is 0. The van der Waals surface area contributed by atoms with Crippen LogP contribution in [0, 0.1) is 59.4 Å². The third-order valence-corrected chi connectivity index (χ3v) is 13.8. The van der Waals surface area contributed by atoms with E-state index in [2.05, 4.69) is 160 Å². The molecule has 0 spiro atoms. The summed E-state index contributed by atoms with van der Waals surface area (Å²) in [6.45, 7) is 21.1. The number of aryl methyl sites for hydroxylation is 6. The molecule has 0 amide bonds. The van der Waals surface area contributed by atoms with Gasteiger partial charge in [-0.2, -0.15) is 5.26 Å². The lowest BCUT2D eigenvalue weighted by atomic mass is 9.91. The van der Waals surface area contributed by atoms with E-state index in [-0.39, 0.29) is 0 Å². The maximum atomic E-state index is 10.0.